The highest BCUT2D eigenvalue weighted by Crippen LogP contribution is 2.33. The monoisotopic (exact) mass is 364 g/mol. The zero-order valence-electron chi connectivity index (χ0n) is 15.8. The molecule has 4 heterocycles. The van der Waals surface area contributed by atoms with Crippen LogP contribution in [0, 0.1) is 5.92 Å². The van der Waals surface area contributed by atoms with Gasteiger partial charge in [0.25, 0.3) is 0 Å². The minimum atomic E-state index is 0.146. The number of rotatable bonds is 4. The third kappa shape index (κ3) is 3.53. The molecule has 2 bridgehead atoms. The van der Waals surface area contributed by atoms with E-state index in [4.69, 9.17) is 0 Å². The second-order valence-electron chi connectivity index (χ2n) is 8.49. The first-order valence-electron chi connectivity index (χ1n) is 10.5. The third-order valence-electron chi connectivity index (χ3n) is 6.47. The molecule has 142 valence electrons. The summed E-state index contributed by atoms with van der Waals surface area (Å²) in [5.41, 5.74) is 3.34. The summed E-state index contributed by atoms with van der Waals surface area (Å²) in [6, 6.07) is 9.44. The van der Waals surface area contributed by atoms with E-state index in [0.717, 1.165) is 42.9 Å². The fourth-order valence-electron chi connectivity index (χ4n) is 5.19. The molecule has 0 aliphatic carbocycles. The lowest BCUT2D eigenvalue weighted by Gasteiger charge is -2.28. The average Bonchev–Trinajstić information content (AvgIpc) is 3.25. The molecule has 2 fully saturated rings. The van der Waals surface area contributed by atoms with E-state index in [0.29, 0.717) is 24.4 Å². The van der Waals surface area contributed by atoms with Crippen LogP contribution in [0.15, 0.2) is 30.5 Å². The van der Waals surface area contributed by atoms with E-state index in [1.165, 1.54) is 31.4 Å². The highest BCUT2D eigenvalue weighted by atomic mass is 16.1. The molecule has 1 aromatic carbocycles. The van der Waals surface area contributed by atoms with Crippen LogP contribution in [0.2, 0.25) is 0 Å². The number of aromatic nitrogens is 2. The molecule has 2 saturated heterocycles. The number of fused-ring (bicyclic) bond motifs is 3. The maximum Gasteiger partial charge on any atom is 0.224 e. The Balaban J connectivity index is 1.22. The molecule has 2 N–H and O–H groups in total. The standard InChI is InChI=1S/C22H28N4O/c27-21(13-15-11-18-8-9-19(12-15)24-18)25-17-6-4-16(5-7-17)22-23-14-20-3-1-2-10-26(20)22/h4-7,14-15,18-19,24H,1-3,8-13H2,(H,25,27). The quantitative estimate of drug-likeness (QED) is 0.869. The van der Waals surface area contributed by atoms with Gasteiger partial charge >= 0.3 is 0 Å². The Labute approximate surface area is 160 Å². The lowest BCUT2D eigenvalue weighted by Crippen LogP contribution is -2.39. The highest BCUT2D eigenvalue weighted by molar-refractivity contribution is 5.91. The number of amides is 1. The molecule has 1 aromatic heterocycles. The molecule has 1 amide bonds. The van der Waals surface area contributed by atoms with Gasteiger partial charge in [-0.05, 0) is 75.1 Å². The van der Waals surface area contributed by atoms with E-state index in [2.05, 4.69) is 32.3 Å². The molecular weight excluding hydrogens is 336 g/mol. The SMILES string of the molecule is O=C(CC1CC2CCC(C1)N2)Nc1ccc(-c2ncc3n2CCCC3)cc1. The number of hydrogen-bond acceptors (Lipinski definition) is 3. The molecule has 5 rings (SSSR count). The molecule has 0 radical (unpaired) electrons. The molecule has 2 unspecified atom stereocenters. The molecule has 2 aromatic rings. The minimum absolute atomic E-state index is 0.146. The summed E-state index contributed by atoms with van der Waals surface area (Å²) in [4.78, 5) is 17.1. The second-order valence-corrected chi connectivity index (χ2v) is 8.49. The van der Waals surface area contributed by atoms with Gasteiger partial charge in [0.2, 0.25) is 5.91 Å². The van der Waals surface area contributed by atoms with Crippen molar-refractivity contribution in [3.63, 3.8) is 0 Å². The second kappa shape index (κ2) is 7.12. The molecule has 5 nitrogen and oxygen atoms in total. The van der Waals surface area contributed by atoms with E-state index in [1.807, 2.05) is 18.3 Å². The normalized spacial score (nSPS) is 26.6. The number of carbonyl (C=O) groups is 1. The summed E-state index contributed by atoms with van der Waals surface area (Å²) in [6.45, 7) is 1.06. The number of piperidine rings is 1. The summed E-state index contributed by atoms with van der Waals surface area (Å²) in [7, 11) is 0. The molecule has 0 spiro atoms. The maximum absolute atomic E-state index is 12.5. The Kier molecular flexibility index (Phi) is 4.48. The van der Waals surface area contributed by atoms with E-state index in [9.17, 15) is 4.79 Å². The maximum atomic E-state index is 12.5. The van der Waals surface area contributed by atoms with Gasteiger partial charge in [-0.3, -0.25) is 4.79 Å². The van der Waals surface area contributed by atoms with Crippen LogP contribution in [0.1, 0.15) is 50.6 Å². The number of carbonyl (C=O) groups excluding carboxylic acids is 1. The Bertz CT molecular complexity index is 813. The summed E-state index contributed by atoms with van der Waals surface area (Å²) in [5, 5.41) is 6.73. The van der Waals surface area contributed by atoms with Crippen molar-refractivity contribution in [1.82, 2.24) is 14.9 Å². The summed E-state index contributed by atoms with van der Waals surface area (Å²) in [5.74, 6) is 1.72. The number of anilines is 1. The number of aryl methyl sites for hydroxylation is 1. The van der Waals surface area contributed by atoms with Gasteiger partial charge in [-0.15, -0.1) is 0 Å². The summed E-state index contributed by atoms with van der Waals surface area (Å²) >= 11 is 0. The minimum Gasteiger partial charge on any atom is -0.328 e. The summed E-state index contributed by atoms with van der Waals surface area (Å²) in [6.07, 6.45) is 11.1. The predicted octanol–water partition coefficient (Wildman–Crippen LogP) is 3.75. The number of hydrogen-bond donors (Lipinski definition) is 2. The van der Waals surface area contributed by atoms with Crippen LogP contribution >= 0.6 is 0 Å². The number of imidazole rings is 1. The van der Waals surface area contributed by atoms with Gasteiger partial charge in [-0.2, -0.15) is 0 Å². The van der Waals surface area contributed by atoms with Crippen LogP contribution in [0.25, 0.3) is 11.4 Å². The molecule has 27 heavy (non-hydrogen) atoms. The van der Waals surface area contributed by atoms with Gasteiger partial charge in [0.15, 0.2) is 0 Å². The van der Waals surface area contributed by atoms with Gasteiger partial charge in [-0.25, -0.2) is 4.98 Å². The molecule has 2 atom stereocenters. The molecule has 5 heteroatoms. The van der Waals surface area contributed by atoms with Crippen molar-refractivity contribution in [2.75, 3.05) is 5.32 Å². The van der Waals surface area contributed by atoms with E-state index >= 15 is 0 Å². The van der Waals surface area contributed by atoms with Crippen molar-refractivity contribution in [2.24, 2.45) is 5.92 Å². The van der Waals surface area contributed by atoms with Crippen LogP contribution in [-0.4, -0.2) is 27.5 Å². The largest absolute Gasteiger partial charge is 0.328 e. The number of benzene rings is 1. The molecular formula is C22H28N4O. The first-order chi connectivity index (χ1) is 13.2. The fourth-order valence-corrected chi connectivity index (χ4v) is 5.19. The lowest BCUT2D eigenvalue weighted by atomic mass is 9.89. The van der Waals surface area contributed by atoms with Gasteiger partial charge in [-0.1, -0.05) is 0 Å². The zero-order valence-corrected chi connectivity index (χ0v) is 15.8. The van der Waals surface area contributed by atoms with E-state index in [-0.39, 0.29) is 5.91 Å². The summed E-state index contributed by atoms with van der Waals surface area (Å²) < 4.78 is 2.34. The van der Waals surface area contributed by atoms with Crippen LogP contribution < -0.4 is 10.6 Å². The van der Waals surface area contributed by atoms with Gasteiger partial charge < -0.3 is 15.2 Å². The highest BCUT2D eigenvalue weighted by Gasteiger charge is 2.34. The average molecular weight is 364 g/mol. The van der Waals surface area contributed by atoms with Gasteiger partial charge in [0.05, 0.1) is 0 Å². The van der Waals surface area contributed by atoms with Crippen LogP contribution in [-0.2, 0) is 17.8 Å². The van der Waals surface area contributed by atoms with Crippen molar-refractivity contribution >= 4 is 11.6 Å². The van der Waals surface area contributed by atoms with Crippen molar-refractivity contribution in [2.45, 2.75) is 70.0 Å². The van der Waals surface area contributed by atoms with E-state index < -0.39 is 0 Å². The topological polar surface area (TPSA) is 59.0 Å². The smallest absolute Gasteiger partial charge is 0.224 e. The van der Waals surface area contributed by atoms with Crippen molar-refractivity contribution in [1.29, 1.82) is 0 Å². The third-order valence-corrected chi connectivity index (χ3v) is 6.47. The van der Waals surface area contributed by atoms with Crippen LogP contribution in [0.3, 0.4) is 0 Å². The number of nitrogens with one attached hydrogen (secondary N) is 2. The molecule has 3 aliphatic heterocycles. The van der Waals surface area contributed by atoms with Crippen molar-refractivity contribution in [3.05, 3.63) is 36.2 Å². The van der Waals surface area contributed by atoms with Gasteiger partial charge in [0, 0.05) is 48.2 Å². The van der Waals surface area contributed by atoms with Crippen molar-refractivity contribution in [3.8, 4) is 11.4 Å². The Morgan fingerprint density at radius 3 is 2.70 bits per heavy atom. The Morgan fingerprint density at radius 2 is 1.93 bits per heavy atom. The van der Waals surface area contributed by atoms with Crippen molar-refractivity contribution < 1.29 is 4.79 Å². The number of nitrogens with zero attached hydrogens (tertiary/aromatic N) is 2. The zero-order chi connectivity index (χ0) is 18.2. The molecule has 0 saturated carbocycles. The van der Waals surface area contributed by atoms with Gasteiger partial charge in [0.1, 0.15) is 5.82 Å². The fraction of sp³-hybridized carbons (Fsp3) is 0.545. The Morgan fingerprint density at radius 1 is 1.15 bits per heavy atom. The van der Waals surface area contributed by atoms with Crippen LogP contribution in [0.5, 0.6) is 0 Å². The molecule has 3 aliphatic rings. The lowest BCUT2D eigenvalue weighted by molar-refractivity contribution is -0.117. The first-order valence-corrected chi connectivity index (χ1v) is 10.5. The first kappa shape index (κ1) is 17.0. The predicted molar refractivity (Wildman–Crippen MR) is 107 cm³/mol. The van der Waals surface area contributed by atoms with E-state index in [1.54, 1.807) is 0 Å². The Hall–Kier alpha value is -2.14. The van der Waals surface area contributed by atoms with Crippen LogP contribution in [0.4, 0.5) is 5.69 Å².